The predicted molar refractivity (Wildman–Crippen MR) is 151 cm³/mol. The third kappa shape index (κ3) is 4.92. The van der Waals surface area contributed by atoms with Gasteiger partial charge in [-0.2, -0.15) is 4.98 Å². The molecule has 2 aromatic heterocycles. The number of methoxy groups -OCH3 is 1. The minimum absolute atomic E-state index is 0.274. The van der Waals surface area contributed by atoms with E-state index in [2.05, 4.69) is 32.1 Å². The van der Waals surface area contributed by atoms with Crippen molar-refractivity contribution in [1.29, 1.82) is 0 Å². The highest BCUT2D eigenvalue weighted by atomic mass is 35.5. The summed E-state index contributed by atoms with van der Waals surface area (Å²) in [5, 5.41) is 4.24. The van der Waals surface area contributed by atoms with Gasteiger partial charge in [-0.1, -0.05) is 29.3 Å². The maximum Gasteiger partial charge on any atom is 0.340 e. The van der Waals surface area contributed by atoms with Crippen molar-refractivity contribution in [3.05, 3.63) is 74.6 Å². The van der Waals surface area contributed by atoms with Crippen LogP contribution in [0.2, 0.25) is 10.0 Å². The van der Waals surface area contributed by atoms with E-state index in [1.54, 1.807) is 42.1 Å². The summed E-state index contributed by atoms with van der Waals surface area (Å²) in [4.78, 5) is 39.3. The number of likely N-dealkylation sites (N-methyl/N-ethyl adjacent to an activating group) is 1. The Labute approximate surface area is 229 Å². The number of rotatable bonds is 5. The Bertz CT molecular complexity index is 1580. The molecule has 3 heterocycles. The summed E-state index contributed by atoms with van der Waals surface area (Å²) in [7, 11) is 5.23. The number of benzene rings is 2. The number of carbonyl (C=O) groups is 1. The number of hydrogen-bond donors (Lipinski definition) is 1. The summed E-state index contributed by atoms with van der Waals surface area (Å²) in [5.74, 6) is -0.144. The summed E-state index contributed by atoms with van der Waals surface area (Å²) < 4.78 is 6.78. The molecule has 0 atom stereocenters. The maximum atomic E-state index is 13.3. The lowest BCUT2D eigenvalue weighted by Crippen LogP contribution is -2.45. The Balaban J connectivity index is 1.49. The van der Waals surface area contributed by atoms with Gasteiger partial charge in [-0.05, 0) is 37.4 Å². The van der Waals surface area contributed by atoms with Crippen LogP contribution >= 0.6 is 23.2 Å². The number of ether oxygens (including phenoxy) is 1. The number of nitrogens with one attached hydrogen (secondary N) is 1. The number of aryl methyl sites for hydroxylation is 1. The quantitative estimate of drug-likeness (QED) is 0.359. The van der Waals surface area contributed by atoms with Gasteiger partial charge in [-0.3, -0.25) is 4.79 Å². The monoisotopic (exact) mass is 552 g/mol. The minimum atomic E-state index is -0.421. The van der Waals surface area contributed by atoms with E-state index in [0.29, 0.717) is 43.5 Å². The Morgan fingerprint density at radius 2 is 1.76 bits per heavy atom. The van der Waals surface area contributed by atoms with Crippen LogP contribution in [0.15, 0.2) is 53.6 Å². The highest BCUT2D eigenvalue weighted by Crippen LogP contribution is 2.33. The fourth-order valence-corrected chi connectivity index (χ4v) is 5.19. The van der Waals surface area contributed by atoms with E-state index in [9.17, 15) is 9.59 Å². The van der Waals surface area contributed by atoms with Gasteiger partial charge in [-0.15, -0.1) is 0 Å². The van der Waals surface area contributed by atoms with E-state index < -0.39 is 5.97 Å². The highest BCUT2D eigenvalue weighted by Gasteiger charge is 2.22. The van der Waals surface area contributed by atoms with Crippen molar-refractivity contribution in [3.8, 4) is 11.1 Å². The summed E-state index contributed by atoms with van der Waals surface area (Å²) in [6.07, 6.45) is 3.13. The number of anilines is 3. The zero-order valence-electron chi connectivity index (χ0n) is 21.2. The molecule has 1 fully saturated rings. The Hall–Kier alpha value is -3.66. The van der Waals surface area contributed by atoms with E-state index in [4.69, 9.17) is 27.9 Å². The van der Waals surface area contributed by atoms with Crippen LogP contribution in [0.1, 0.15) is 10.4 Å². The maximum absolute atomic E-state index is 13.3. The van der Waals surface area contributed by atoms with Crippen LogP contribution in [0.3, 0.4) is 0 Å². The molecule has 11 heteroatoms. The lowest BCUT2D eigenvalue weighted by Gasteiger charge is -2.35. The average molecular weight is 553 g/mol. The molecule has 196 valence electrons. The zero-order chi connectivity index (χ0) is 27.0. The lowest BCUT2D eigenvalue weighted by atomic mass is 10.1. The molecule has 0 amide bonds. The summed E-state index contributed by atoms with van der Waals surface area (Å²) >= 11 is 12.7. The van der Waals surface area contributed by atoms with Crippen molar-refractivity contribution < 1.29 is 9.53 Å². The molecular weight excluding hydrogens is 527 g/mol. The number of carbonyl (C=O) groups excluding carboxylic acids is 1. The fraction of sp³-hybridized carbons (Fsp3) is 0.259. The number of pyridine rings is 1. The van der Waals surface area contributed by atoms with Crippen molar-refractivity contribution in [2.75, 3.05) is 50.6 Å². The smallest absolute Gasteiger partial charge is 0.340 e. The fourth-order valence-electron chi connectivity index (χ4n) is 4.59. The molecule has 0 unspecified atom stereocenters. The number of hydrogen-bond acceptors (Lipinski definition) is 8. The van der Waals surface area contributed by atoms with Crippen LogP contribution in [0.25, 0.3) is 22.2 Å². The molecule has 0 aliphatic carbocycles. The molecule has 0 bridgehead atoms. The van der Waals surface area contributed by atoms with E-state index in [0.717, 1.165) is 31.9 Å². The molecule has 4 aromatic rings. The van der Waals surface area contributed by atoms with Gasteiger partial charge in [0.25, 0.3) is 0 Å². The van der Waals surface area contributed by atoms with Crippen molar-refractivity contribution in [2.45, 2.75) is 0 Å². The molecule has 1 saturated heterocycles. The van der Waals surface area contributed by atoms with Crippen molar-refractivity contribution in [3.63, 3.8) is 0 Å². The van der Waals surface area contributed by atoms with E-state index >= 15 is 0 Å². The Morgan fingerprint density at radius 3 is 2.45 bits per heavy atom. The second kappa shape index (κ2) is 10.6. The first-order valence-electron chi connectivity index (χ1n) is 12.0. The number of piperazine rings is 1. The molecule has 1 aliphatic rings. The van der Waals surface area contributed by atoms with E-state index in [1.807, 2.05) is 12.1 Å². The number of aromatic nitrogens is 3. The standard InChI is InChI=1S/C27H26Cl2N6O3/c1-33-9-11-35(12-10-33)22-8-7-16(13-17(22)26(37)38-3)31-27-30-14-18-24(36)19(15-34(2)25(18)32-27)23-20(28)5-4-6-21(23)29/h4-8,13-15H,9-12H2,1-3H3,(H,30,31,32). The van der Waals surface area contributed by atoms with Gasteiger partial charge in [-0.25, -0.2) is 9.78 Å². The van der Waals surface area contributed by atoms with Gasteiger partial charge in [0.15, 0.2) is 0 Å². The number of fused-ring (bicyclic) bond motifs is 1. The third-order valence-corrected chi connectivity index (χ3v) is 7.28. The number of halogens is 2. The van der Waals surface area contributed by atoms with Crippen molar-refractivity contribution >= 4 is 57.5 Å². The second-order valence-corrected chi connectivity index (χ2v) is 9.96. The lowest BCUT2D eigenvalue weighted by molar-refractivity contribution is 0.0601. The van der Waals surface area contributed by atoms with Crippen LogP contribution in [-0.2, 0) is 11.8 Å². The second-order valence-electron chi connectivity index (χ2n) is 9.15. The predicted octanol–water partition coefficient (Wildman–Crippen LogP) is 4.58. The van der Waals surface area contributed by atoms with Gasteiger partial charge in [0.2, 0.25) is 11.4 Å². The Morgan fingerprint density at radius 1 is 1.05 bits per heavy atom. The summed E-state index contributed by atoms with van der Waals surface area (Å²) in [5.41, 5.74) is 2.89. The molecule has 0 radical (unpaired) electrons. The SMILES string of the molecule is COC(=O)c1cc(Nc2ncc3c(=O)c(-c4c(Cl)cccc4Cl)cn(C)c3n2)ccc1N1CCN(C)CC1. The first kappa shape index (κ1) is 26.0. The van der Waals surface area contributed by atoms with Crippen LogP contribution in [0.5, 0.6) is 0 Å². The van der Waals surface area contributed by atoms with E-state index in [-0.39, 0.29) is 11.4 Å². The summed E-state index contributed by atoms with van der Waals surface area (Å²) in [6.45, 7) is 3.45. The summed E-state index contributed by atoms with van der Waals surface area (Å²) in [6, 6.07) is 10.6. The molecule has 9 nitrogen and oxygen atoms in total. The van der Waals surface area contributed by atoms with Crippen molar-refractivity contribution in [2.24, 2.45) is 7.05 Å². The van der Waals surface area contributed by atoms with Gasteiger partial charge in [0, 0.05) is 62.4 Å². The highest BCUT2D eigenvalue weighted by molar-refractivity contribution is 6.39. The molecule has 0 saturated carbocycles. The topological polar surface area (TPSA) is 92.6 Å². The minimum Gasteiger partial charge on any atom is -0.465 e. The number of nitrogens with zero attached hydrogens (tertiary/aromatic N) is 5. The van der Waals surface area contributed by atoms with Crippen LogP contribution in [-0.4, -0.2) is 65.7 Å². The first-order valence-corrected chi connectivity index (χ1v) is 12.8. The first-order chi connectivity index (χ1) is 18.3. The molecular formula is C27H26Cl2N6O3. The van der Waals surface area contributed by atoms with Crippen molar-refractivity contribution in [1.82, 2.24) is 19.4 Å². The molecule has 5 rings (SSSR count). The Kier molecular flexibility index (Phi) is 7.25. The zero-order valence-corrected chi connectivity index (χ0v) is 22.7. The van der Waals surface area contributed by atoms with Gasteiger partial charge in [0.05, 0.1) is 33.8 Å². The van der Waals surface area contributed by atoms with E-state index in [1.165, 1.54) is 13.3 Å². The third-order valence-electron chi connectivity index (χ3n) is 6.65. The number of esters is 1. The van der Waals surface area contributed by atoms with Gasteiger partial charge < -0.3 is 24.4 Å². The molecule has 1 N–H and O–H groups in total. The van der Waals surface area contributed by atoms with Gasteiger partial charge in [0.1, 0.15) is 5.65 Å². The molecule has 2 aromatic carbocycles. The largest absolute Gasteiger partial charge is 0.465 e. The molecule has 0 spiro atoms. The normalized spacial score (nSPS) is 14.1. The molecule has 38 heavy (non-hydrogen) atoms. The van der Waals surface area contributed by atoms with Crippen LogP contribution in [0.4, 0.5) is 17.3 Å². The average Bonchev–Trinajstić information content (AvgIpc) is 2.91. The van der Waals surface area contributed by atoms with Crippen LogP contribution in [0, 0.1) is 0 Å². The van der Waals surface area contributed by atoms with Gasteiger partial charge >= 0.3 is 5.97 Å². The molecule has 1 aliphatic heterocycles. The van der Waals surface area contributed by atoms with Crippen LogP contribution < -0.4 is 15.6 Å².